The fourth-order valence-electron chi connectivity index (χ4n) is 5.80. The van der Waals surface area contributed by atoms with Gasteiger partial charge >= 0.3 is 0 Å². The second kappa shape index (κ2) is 12.3. The second-order valence-corrected chi connectivity index (χ2v) is 14.0. The fourth-order valence-corrected chi connectivity index (χ4v) is 7.39. The van der Waals surface area contributed by atoms with Crippen LogP contribution in [0.25, 0.3) is 23.1 Å². The molecule has 0 bridgehead atoms. The van der Waals surface area contributed by atoms with Gasteiger partial charge in [0.2, 0.25) is 0 Å². The average molecular weight is 550 g/mol. The molecule has 0 amide bonds. The molecule has 2 aromatic carbocycles. The summed E-state index contributed by atoms with van der Waals surface area (Å²) in [7, 11) is 0. The maximum absolute atomic E-state index is 11.3. The zero-order valence-electron chi connectivity index (χ0n) is 24.6. The number of aryl methyl sites for hydroxylation is 1. The van der Waals surface area contributed by atoms with E-state index in [2.05, 4.69) is 118 Å². The summed E-state index contributed by atoms with van der Waals surface area (Å²) in [4.78, 5) is 16.2. The Morgan fingerprint density at radius 1 is 1.00 bits per heavy atom. The molecule has 2 aliphatic rings. The van der Waals surface area contributed by atoms with Gasteiger partial charge in [-0.05, 0) is 108 Å². The number of hydrogen-bond acceptors (Lipinski definition) is 3. The van der Waals surface area contributed by atoms with Crippen LogP contribution in [-0.4, -0.2) is 17.0 Å². The van der Waals surface area contributed by atoms with Crippen molar-refractivity contribution >= 4 is 41.1 Å². The molecule has 1 unspecified atom stereocenters. The van der Waals surface area contributed by atoms with Crippen LogP contribution < -0.4 is 0 Å². The Labute approximate surface area is 245 Å². The second-order valence-electron chi connectivity index (χ2n) is 12.8. The largest absolute Gasteiger partial charge is 0.303 e. The van der Waals surface area contributed by atoms with Crippen LogP contribution in [0.3, 0.4) is 0 Å². The van der Waals surface area contributed by atoms with Crippen LogP contribution in [0.2, 0.25) is 0 Å². The van der Waals surface area contributed by atoms with E-state index in [0.717, 1.165) is 48.9 Å². The number of aromatic nitrogens is 1. The number of aldehydes is 1. The number of rotatable bonds is 11. The summed E-state index contributed by atoms with van der Waals surface area (Å²) in [5.74, 6) is 1.07. The Bertz CT molecular complexity index is 1450. The lowest BCUT2D eigenvalue weighted by molar-refractivity contribution is -0.108. The number of fused-ring (bicyclic) bond motifs is 1. The van der Waals surface area contributed by atoms with E-state index < -0.39 is 0 Å². The van der Waals surface area contributed by atoms with Gasteiger partial charge in [-0.2, -0.15) is 11.8 Å². The maximum atomic E-state index is 11.3. The minimum atomic E-state index is 0.178. The number of nitrogens with zero attached hydrogens (tertiary/aromatic N) is 1. The van der Waals surface area contributed by atoms with E-state index in [1.54, 1.807) is 0 Å². The molecule has 1 fully saturated rings. The summed E-state index contributed by atoms with van der Waals surface area (Å²) in [6.07, 6.45) is 18.0. The predicted octanol–water partition coefficient (Wildman–Crippen LogP) is 10.3. The standard InChI is InChI=1S/C37H43NOS/c1-27-12-14-30-15-18-32(38-34(30)24-27)17-13-28-8-7-10-31(25-28)35(40-26-37(20-21-37)22-23-39)19-16-29-9-5-6-11-33(29)36(2,3)4/h7-15,17-18,23-25,35H,5-6,16,19-22,26H2,1-4H3/b17-13+. The predicted molar refractivity (Wildman–Crippen MR) is 173 cm³/mol. The van der Waals surface area contributed by atoms with Crippen LogP contribution in [-0.2, 0) is 4.79 Å². The average Bonchev–Trinajstić information content (AvgIpc) is 3.71. The third-order valence-electron chi connectivity index (χ3n) is 8.40. The maximum Gasteiger partial charge on any atom is 0.120 e. The van der Waals surface area contributed by atoms with Crippen LogP contribution in [0.15, 0.2) is 77.9 Å². The van der Waals surface area contributed by atoms with Gasteiger partial charge in [0.25, 0.3) is 0 Å². The van der Waals surface area contributed by atoms with Crippen LogP contribution in [0.4, 0.5) is 0 Å². The highest BCUT2D eigenvalue weighted by Gasteiger charge is 2.42. The molecule has 0 N–H and O–H groups in total. The number of allylic oxidation sites excluding steroid dienone is 4. The summed E-state index contributed by atoms with van der Waals surface area (Å²) in [5, 5.41) is 1.58. The molecule has 3 aromatic rings. The number of pyridine rings is 1. The van der Waals surface area contributed by atoms with E-state index in [4.69, 9.17) is 4.98 Å². The molecule has 1 saturated carbocycles. The van der Waals surface area contributed by atoms with Crippen molar-refractivity contribution in [2.45, 2.75) is 77.9 Å². The van der Waals surface area contributed by atoms with Crippen molar-refractivity contribution in [1.82, 2.24) is 4.98 Å². The zero-order valence-corrected chi connectivity index (χ0v) is 25.4. The van der Waals surface area contributed by atoms with E-state index in [9.17, 15) is 4.79 Å². The van der Waals surface area contributed by atoms with Gasteiger partial charge in [-0.1, -0.05) is 81.5 Å². The number of thioether (sulfide) groups is 1. The number of benzene rings is 2. The van der Waals surface area contributed by atoms with Crippen molar-refractivity contribution in [3.05, 3.63) is 100 Å². The molecule has 0 spiro atoms. The van der Waals surface area contributed by atoms with Gasteiger partial charge in [0.15, 0.2) is 0 Å². The van der Waals surface area contributed by atoms with Crippen molar-refractivity contribution in [3.63, 3.8) is 0 Å². The van der Waals surface area contributed by atoms with E-state index >= 15 is 0 Å². The molecule has 208 valence electrons. The van der Waals surface area contributed by atoms with Crippen molar-refractivity contribution < 1.29 is 4.79 Å². The Morgan fingerprint density at radius 3 is 2.58 bits per heavy atom. The molecule has 1 aromatic heterocycles. The van der Waals surface area contributed by atoms with Gasteiger partial charge in [0.05, 0.1) is 11.2 Å². The minimum absolute atomic E-state index is 0.178. The van der Waals surface area contributed by atoms with E-state index in [-0.39, 0.29) is 10.8 Å². The first-order chi connectivity index (χ1) is 19.2. The van der Waals surface area contributed by atoms with Crippen LogP contribution in [0.5, 0.6) is 0 Å². The first-order valence-corrected chi connectivity index (χ1v) is 15.9. The van der Waals surface area contributed by atoms with Crippen molar-refractivity contribution in [3.8, 4) is 0 Å². The van der Waals surface area contributed by atoms with Gasteiger partial charge in [0, 0.05) is 17.1 Å². The summed E-state index contributed by atoms with van der Waals surface area (Å²) in [6.45, 7) is 9.12. The van der Waals surface area contributed by atoms with Crippen molar-refractivity contribution in [1.29, 1.82) is 0 Å². The number of carbonyl (C=O) groups is 1. The number of hydrogen-bond donors (Lipinski definition) is 0. The Balaban J connectivity index is 1.35. The van der Waals surface area contributed by atoms with Gasteiger partial charge < -0.3 is 4.79 Å². The lowest BCUT2D eigenvalue weighted by Crippen LogP contribution is -2.14. The molecule has 0 saturated heterocycles. The monoisotopic (exact) mass is 549 g/mol. The van der Waals surface area contributed by atoms with Crippen molar-refractivity contribution in [2.24, 2.45) is 10.8 Å². The Hall–Kier alpha value is -2.91. The quantitative estimate of drug-likeness (QED) is 0.223. The fraction of sp³-hybridized carbons (Fsp3) is 0.405. The van der Waals surface area contributed by atoms with Crippen LogP contribution in [0, 0.1) is 17.8 Å². The molecule has 2 aliphatic carbocycles. The van der Waals surface area contributed by atoms with Gasteiger partial charge in [-0.25, -0.2) is 4.98 Å². The van der Waals surface area contributed by atoms with Crippen LogP contribution >= 0.6 is 11.8 Å². The van der Waals surface area contributed by atoms with E-state index in [1.165, 1.54) is 46.1 Å². The smallest absolute Gasteiger partial charge is 0.120 e. The van der Waals surface area contributed by atoms with Crippen molar-refractivity contribution in [2.75, 3.05) is 5.75 Å². The minimum Gasteiger partial charge on any atom is -0.303 e. The van der Waals surface area contributed by atoms with Gasteiger partial charge in [-0.3, -0.25) is 0 Å². The normalized spacial score (nSPS) is 17.5. The summed E-state index contributed by atoms with van der Waals surface area (Å²) < 4.78 is 0. The molecule has 2 nitrogen and oxygen atoms in total. The Kier molecular flexibility index (Phi) is 8.80. The topological polar surface area (TPSA) is 30.0 Å². The molecule has 40 heavy (non-hydrogen) atoms. The molecule has 5 rings (SSSR count). The molecule has 1 atom stereocenters. The summed E-state index contributed by atoms with van der Waals surface area (Å²) in [5.41, 5.74) is 9.31. The first kappa shape index (κ1) is 28.6. The Morgan fingerprint density at radius 2 is 1.80 bits per heavy atom. The molecular weight excluding hydrogens is 506 g/mol. The summed E-state index contributed by atoms with van der Waals surface area (Å²) in [6, 6.07) is 19.7. The zero-order chi connectivity index (χ0) is 28.2. The number of carbonyl (C=O) groups excluding carboxylic acids is 1. The molecular formula is C37H43NOS. The van der Waals surface area contributed by atoms with E-state index in [1.807, 2.05) is 0 Å². The molecule has 0 aliphatic heterocycles. The third kappa shape index (κ3) is 7.23. The molecule has 3 heteroatoms. The van der Waals surface area contributed by atoms with E-state index in [0.29, 0.717) is 11.7 Å². The molecule has 1 heterocycles. The summed E-state index contributed by atoms with van der Waals surface area (Å²) >= 11 is 2.07. The third-order valence-corrected chi connectivity index (χ3v) is 10.1. The van der Waals surface area contributed by atoms with Gasteiger partial charge in [-0.15, -0.1) is 0 Å². The highest BCUT2D eigenvalue weighted by molar-refractivity contribution is 7.99. The van der Waals surface area contributed by atoms with Crippen LogP contribution in [0.1, 0.15) is 93.4 Å². The first-order valence-electron chi connectivity index (χ1n) is 14.9. The van der Waals surface area contributed by atoms with Gasteiger partial charge in [0.1, 0.15) is 6.29 Å². The SMILES string of the molecule is Cc1ccc2ccc(/C=C/c3cccc(C(CCC4=CCCC=C4C(C)(C)C)SCC4(CC=O)CC4)c3)nc2c1. The highest BCUT2D eigenvalue weighted by Crippen LogP contribution is 2.53. The lowest BCUT2D eigenvalue weighted by Gasteiger charge is -2.29. The molecule has 0 radical (unpaired) electrons. The highest BCUT2D eigenvalue weighted by atomic mass is 32.2. The lowest BCUT2D eigenvalue weighted by atomic mass is 9.77.